The third kappa shape index (κ3) is 3.66. The minimum absolute atomic E-state index is 0.182. The Hall–Kier alpha value is -1.65. The van der Waals surface area contributed by atoms with Gasteiger partial charge < -0.3 is 0 Å². The van der Waals surface area contributed by atoms with Crippen molar-refractivity contribution in [2.45, 2.75) is 24.7 Å². The fourth-order valence-electron chi connectivity index (χ4n) is 2.02. The number of nitrogens with two attached hydrogens (primary N) is 1. The molecule has 4 heteroatoms. The molecule has 0 atom stereocenters. The second kappa shape index (κ2) is 5.55. The predicted molar refractivity (Wildman–Crippen MR) is 76.4 cm³/mol. The molecule has 0 spiro atoms. The number of rotatable bonds is 4. The first-order chi connectivity index (χ1) is 8.97. The summed E-state index contributed by atoms with van der Waals surface area (Å²) in [5.41, 5.74) is 3.35. The maximum absolute atomic E-state index is 11.3. The average molecular weight is 275 g/mol. The summed E-state index contributed by atoms with van der Waals surface area (Å²) in [5.74, 6) is 0. The van der Waals surface area contributed by atoms with Gasteiger partial charge in [-0.3, -0.25) is 0 Å². The number of hydrogen-bond acceptors (Lipinski definition) is 2. The van der Waals surface area contributed by atoms with Crippen molar-refractivity contribution in [2.24, 2.45) is 5.14 Å². The van der Waals surface area contributed by atoms with E-state index >= 15 is 0 Å². The summed E-state index contributed by atoms with van der Waals surface area (Å²) in [4.78, 5) is 0.182. The van der Waals surface area contributed by atoms with Crippen molar-refractivity contribution in [3.63, 3.8) is 0 Å². The molecule has 100 valence electrons. The van der Waals surface area contributed by atoms with Crippen molar-refractivity contribution >= 4 is 10.0 Å². The van der Waals surface area contributed by atoms with Crippen LogP contribution in [0.25, 0.3) is 0 Å². The molecule has 2 rings (SSSR count). The van der Waals surface area contributed by atoms with Gasteiger partial charge in [0.15, 0.2) is 0 Å². The molecule has 0 amide bonds. The molecule has 0 aliphatic rings. The van der Waals surface area contributed by atoms with Crippen LogP contribution in [0.3, 0.4) is 0 Å². The summed E-state index contributed by atoms with van der Waals surface area (Å²) in [6.45, 7) is 1.98. The van der Waals surface area contributed by atoms with E-state index in [2.05, 4.69) is 12.1 Å². The van der Waals surface area contributed by atoms with Crippen LogP contribution >= 0.6 is 0 Å². The normalized spacial score (nSPS) is 11.5. The Bertz CT molecular complexity index is 664. The van der Waals surface area contributed by atoms with Crippen molar-refractivity contribution in [1.82, 2.24) is 0 Å². The zero-order valence-electron chi connectivity index (χ0n) is 10.8. The lowest BCUT2D eigenvalue weighted by molar-refractivity contribution is 0.597. The van der Waals surface area contributed by atoms with Gasteiger partial charge in [0.1, 0.15) is 0 Å². The lowest BCUT2D eigenvalue weighted by Gasteiger charge is -2.08. The fraction of sp³-hybridized carbons (Fsp3) is 0.200. The Morgan fingerprint density at radius 3 is 2.32 bits per heavy atom. The first-order valence-corrected chi connectivity index (χ1v) is 7.68. The SMILES string of the molecule is Cc1ccc(S(N)(=O)=O)cc1CCc1ccccc1. The summed E-state index contributed by atoms with van der Waals surface area (Å²) >= 11 is 0. The van der Waals surface area contributed by atoms with Gasteiger partial charge in [0.2, 0.25) is 10.0 Å². The third-order valence-corrected chi connectivity index (χ3v) is 4.09. The van der Waals surface area contributed by atoms with E-state index < -0.39 is 10.0 Å². The van der Waals surface area contributed by atoms with Crippen LogP contribution in [0.5, 0.6) is 0 Å². The lowest BCUT2D eigenvalue weighted by atomic mass is 10.0. The maximum Gasteiger partial charge on any atom is 0.238 e. The quantitative estimate of drug-likeness (QED) is 0.931. The van der Waals surface area contributed by atoms with Crippen LogP contribution in [0.1, 0.15) is 16.7 Å². The molecule has 0 fully saturated rings. The largest absolute Gasteiger partial charge is 0.238 e. The van der Waals surface area contributed by atoms with E-state index in [0.717, 1.165) is 24.0 Å². The van der Waals surface area contributed by atoms with Crippen LogP contribution in [-0.4, -0.2) is 8.42 Å². The molecule has 2 aromatic carbocycles. The minimum Gasteiger partial charge on any atom is -0.225 e. The zero-order chi connectivity index (χ0) is 13.9. The lowest BCUT2D eigenvalue weighted by Crippen LogP contribution is -2.12. The molecule has 0 aliphatic heterocycles. The Morgan fingerprint density at radius 2 is 1.68 bits per heavy atom. The highest BCUT2D eigenvalue weighted by atomic mass is 32.2. The zero-order valence-corrected chi connectivity index (χ0v) is 11.7. The second-order valence-electron chi connectivity index (χ2n) is 4.62. The molecule has 0 aliphatic carbocycles. The fourth-order valence-corrected chi connectivity index (χ4v) is 2.58. The topological polar surface area (TPSA) is 60.2 Å². The first-order valence-electron chi connectivity index (χ1n) is 6.13. The molecule has 0 saturated heterocycles. The van der Waals surface area contributed by atoms with Gasteiger partial charge in [0.05, 0.1) is 4.90 Å². The molecule has 19 heavy (non-hydrogen) atoms. The van der Waals surface area contributed by atoms with Gasteiger partial charge in [-0.05, 0) is 48.6 Å². The van der Waals surface area contributed by atoms with E-state index in [0.29, 0.717) is 0 Å². The van der Waals surface area contributed by atoms with E-state index in [-0.39, 0.29) is 4.90 Å². The van der Waals surface area contributed by atoms with E-state index in [4.69, 9.17) is 5.14 Å². The van der Waals surface area contributed by atoms with Crippen molar-refractivity contribution in [2.75, 3.05) is 0 Å². The Labute approximate surface area is 114 Å². The van der Waals surface area contributed by atoms with Gasteiger partial charge in [-0.1, -0.05) is 36.4 Å². The summed E-state index contributed by atoms with van der Waals surface area (Å²) in [5, 5.41) is 5.16. The van der Waals surface area contributed by atoms with Crippen LogP contribution < -0.4 is 5.14 Å². The van der Waals surface area contributed by atoms with E-state index in [1.807, 2.05) is 25.1 Å². The summed E-state index contributed by atoms with van der Waals surface area (Å²) in [7, 11) is -3.63. The van der Waals surface area contributed by atoms with Crippen molar-refractivity contribution in [1.29, 1.82) is 0 Å². The van der Waals surface area contributed by atoms with E-state index in [9.17, 15) is 8.42 Å². The average Bonchev–Trinajstić information content (AvgIpc) is 2.37. The monoisotopic (exact) mass is 275 g/mol. The van der Waals surface area contributed by atoms with Crippen LogP contribution in [0.2, 0.25) is 0 Å². The molecule has 2 aromatic rings. The maximum atomic E-state index is 11.3. The van der Waals surface area contributed by atoms with Gasteiger partial charge in [-0.15, -0.1) is 0 Å². The van der Waals surface area contributed by atoms with Crippen LogP contribution in [0, 0.1) is 6.92 Å². The standard InChI is InChI=1S/C15H17NO2S/c1-12-7-10-15(19(16,17)18)11-14(12)9-8-13-5-3-2-4-6-13/h2-7,10-11H,8-9H2,1H3,(H2,16,17,18). The molecule has 0 unspecified atom stereocenters. The number of sulfonamides is 1. The van der Waals surface area contributed by atoms with Gasteiger partial charge in [-0.2, -0.15) is 0 Å². The summed E-state index contributed by atoms with van der Waals surface area (Å²) in [6.07, 6.45) is 1.69. The molecule has 3 nitrogen and oxygen atoms in total. The van der Waals surface area contributed by atoms with Crippen molar-refractivity contribution < 1.29 is 8.42 Å². The minimum atomic E-state index is -3.63. The number of aryl methyl sites for hydroxylation is 3. The van der Waals surface area contributed by atoms with E-state index in [1.165, 1.54) is 5.56 Å². The van der Waals surface area contributed by atoms with Crippen LogP contribution in [-0.2, 0) is 22.9 Å². The highest BCUT2D eigenvalue weighted by molar-refractivity contribution is 7.89. The highest BCUT2D eigenvalue weighted by Gasteiger charge is 2.09. The van der Waals surface area contributed by atoms with E-state index in [1.54, 1.807) is 18.2 Å². The molecule has 0 aromatic heterocycles. The second-order valence-corrected chi connectivity index (χ2v) is 6.18. The van der Waals surface area contributed by atoms with Crippen molar-refractivity contribution in [3.05, 3.63) is 65.2 Å². The number of hydrogen-bond donors (Lipinski definition) is 1. The van der Waals surface area contributed by atoms with Gasteiger partial charge >= 0.3 is 0 Å². The first kappa shape index (κ1) is 13.8. The van der Waals surface area contributed by atoms with Gasteiger partial charge in [0, 0.05) is 0 Å². The van der Waals surface area contributed by atoms with Crippen molar-refractivity contribution in [3.8, 4) is 0 Å². The molecule has 0 saturated carbocycles. The van der Waals surface area contributed by atoms with Crippen LogP contribution in [0.15, 0.2) is 53.4 Å². The Morgan fingerprint density at radius 1 is 1.00 bits per heavy atom. The molecule has 0 heterocycles. The Balaban J connectivity index is 2.21. The van der Waals surface area contributed by atoms with Gasteiger partial charge in [0.25, 0.3) is 0 Å². The van der Waals surface area contributed by atoms with Crippen LogP contribution in [0.4, 0.5) is 0 Å². The molecular weight excluding hydrogens is 258 g/mol. The molecule has 0 radical (unpaired) electrons. The summed E-state index contributed by atoms with van der Waals surface area (Å²) in [6, 6.07) is 15.2. The molecule has 0 bridgehead atoms. The summed E-state index contributed by atoms with van der Waals surface area (Å²) < 4.78 is 22.7. The van der Waals surface area contributed by atoms with Gasteiger partial charge in [-0.25, -0.2) is 13.6 Å². The smallest absolute Gasteiger partial charge is 0.225 e. The molecular formula is C15H17NO2S. The molecule has 2 N–H and O–H groups in total. The predicted octanol–water partition coefficient (Wildman–Crippen LogP) is 2.43. The number of primary sulfonamides is 1. The number of benzene rings is 2. The Kier molecular flexibility index (Phi) is 4.02. The third-order valence-electron chi connectivity index (χ3n) is 3.17. The highest BCUT2D eigenvalue weighted by Crippen LogP contribution is 2.16.